The molecule has 0 bridgehead atoms. The lowest BCUT2D eigenvalue weighted by Gasteiger charge is -2.38. The second kappa shape index (κ2) is 8.11. The molecule has 2 fully saturated rings. The molecule has 0 spiro atoms. The van der Waals surface area contributed by atoms with Crippen LogP contribution < -0.4 is 4.90 Å². The summed E-state index contributed by atoms with van der Waals surface area (Å²) in [6.07, 6.45) is 6.27. The van der Waals surface area contributed by atoms with Crippen molar-refractivity contribution in [2.75, 3.05) is 50.4 Å². The molecule has 0 unspecified atom stereocenters. The molecule has 0 N–H and O–H groups in total. The highest BCUT2D eigenvalue weighted by molar-refractivity contribution is 7.88. The van der Waals surface area contributed by atoms with E-state index in [2.05, 4.69) is 15.1 Å². The Hall–Kier alpha value is -2.46. The molecule has 2 saturated heterocycles. The van der Waals surface area contributed by atoms with Crippen LogP contribution in [0.4, 0.5) is 5.82 Å². The number of carbonyl (C=O) groups is 1. The number of anilines is 1. The van der Waals surface area contributed by atoms with Crippen molar-refractivity contribution in [3.8, 4) is 5.82 Å². The van der Waals surface area contributed by atoms with Gasteiger partial charge in [-0.3, -0.25) is 4.79 Å². The molecule has 9 nitrogen and oxygen atoms in total. The lowest BCUT2D eigenvalue weighted by atomic mass is 9.96. The molecule has 2 aliphatic heterocycles. The van der Waals surface area contributed by atoms with E-state index in [9.17, 15) is 13.2 Å². The predicted octanol–water partition coefficient (Wildman–Crippen LogP) is 0.588. The third-order valence-electron chi connectivity index (χ3n) is 5.69. The molecule has 1 amide bonds. The summed E-state index contributed by atoms with van der Waals surface area (Å²) in [4.78, 5) is 16.9. The highest BCUT2D eigenvalue weighted by Gasteiger charge is 2.32. The zero-order valence-corrected chi connectivity index (χ0v) is 17.3. The first-order valence-electron chi connectivity index (χ1n) is 9.88. The van der Waals surface area contributed by atoms with Gasteiger partial charge in [0.05, 0.1) is 6.26 Å². The van der Waals surface area contributed by atoms with E-state index in [1.807, 2.05) is 46.1 Å². The molecule has 156 valence electrons. The first-order valence-corrected chi connectivity index (χ1v) is 11.7. The third-order valence-corrected chi connectivity index (χ3v) is 7.00. The molecular formula is C19H26N6O3S. The van der Waals surface area contributed by atoms with Crippen LogP contribution in [0.2, 0.25) is 0 Å². The van der Waals surface area contributed by atoms with Crippen LogP contribution in [0.15, 0.2) is 36.7 Å². The zero-order chi connectivity index (χ0) is 20.4. The van der Waals surface area contributed by atoms with Gasteiger partial charge in [0.25, 0.3) is 0 Å². The van der Waals surface area contributed by atoms with Crippen LogP contribution >= 0.6 is 0 Å². The van der Waals surface area contributed by atoms with Crippen LogP contribution in [-0.2, 0) is 14.8 Å². The predicted molar refractivity (Wildman–Crippen MR) is 109 cm³/mol. The fourth-order valence-electron chi connectivity index (χ4n) is 3.96. The summed E-state index contributed by atoms with van der Waals surface area (Å²) in [5.41, 5.74) is 0. The van der Waals surface area contributed by atoms with E-state index in [1.54, 1.807) is 0 Å². The van der Waals surface area contributed by atoms with Gasteiger partial charge in [0, 0.05) is 57.6 Å². The number of piperazine rings is 1. The van der Waals surface area contributed by atoms with Gasteiger partial charge in [-0.15, -0.1) is 10.2 Å². The number of aromatic nitrogens is 3. The second-order valence-electron chi connectivity index (χ2n) is 7.59. The van der Waals surface area contributed by atoms with Gasteiger partial charge >= 0.3 is 0 Å². The molecule has 4 heterocycles. The van der Waals surface area contributed by atoms with Crippen LogP contribution in [-0.4, -0.2) is 83.8 Å². The minimum atomic E-state index is -3.17. The van der Waals surface area contributed by atoms with E-state index in [0.717, 1.165) is 11.6 Å². The Balaban J connectivity index is 1.30. The Bertz CT molecular complexity index is 929. The van der Waals surface area contributed by atoms with Crippen molar-refractivity contribution in [3.05, 3.63) is 36.7 Å². The van der Waals surface area contributed by atoms with Gasteiger partial charge in [-0.1, -0.05) is 0 Å². The number of hydrogen-bond acceptors (Lipinski definition) is 6. The number of piperidine rings is 1. The summed E-state index contributed by atoms with van der Waals surface area (Å²) in [5.74, 6) is 1.65. The average Bonchev–Trinajstić information content (AvgIpc) is 3.28. The molecule has 0 saturated carbocycles. The van der Waals surface area contributed by atoms with Crippen molar-refractivity contribution in [1.29, 1.82) is 0 Å². The standard InChI is InChI=1S/C19H26N6O3S/c1-29(27,28)25-10-6-16(7-11-25)19(26)24-14-12-23(13-15-24)18-5-4-17(20-21-18)22-8-2-3-9-22/h2-5,8-9,16H,6-7,10-15H2,1H3. The molecule has 2 aromatic heterocycles. The molecule has 0 atom stereocenters. The molecule has 29 heavy (non-hydrogen) atoms. The summed E-state index contributed by atoms with van der Waals surface area (Å²) in [6, 6.07) is 7.78. The summed E-state index contributed by atoms with van der Waals surface area (Å²) in [7, 11) is -3.17. The number of nitrogens with zero attached hydrogens (tertiary/aromatic N) is 6. The van der Waals surface area contributed by atoms with Crippen LogP contribution in [0.3, 0.4) is 0 Å². The van der Waals surface area contributed by atoms with Crippen molar-refractivity contribution in [2.45, 2.75) is 12.8 Å². The maximum atomic E-state index is 12.8. The van der Waals surface area contributed by atoms with Crippen LogP contribution in [0, 0.1) is 5.92 Å². The van der Waals surface area contributed by atoms with Gasteiger partial charge in [0.15, 0.2) is 11.6 Å². The van der Waals surface area contributed by atoms with E-state index in [-0.39, 0.29) is 11.8 Å². The average molecular weight is 419 g/mol. The molecule has 10 heteroatoms. The smallest absolute Gasteiger partial charge is 0.225 e. The Labute approximate surface area is 171 Å². The van der Waals surface area contributed by atoms with Gasteiger partial charge in [-0.05, 0) is 37.1 Å². The molecular weight excluding hydrogens is 392 g/mol. The second-order valence-corrected chi connectivity index (χ2v) is 9.57. The Morgan fingerprint density at radius 3 is 2.07 bits per heavy atom. The Morgan fingerprint density at radius 1 is 0.931 bits per heavy atom. The maximum absolute atomic E-state index is 12.8. The van der Waals surface area contributed by atoms with Gasteiger partial charge in [-0.25, -0.2) is 12.7 Å². The fraction of sp³-hybridized carbons (Fsp3) is 0.526. The Morgan fingerprint density at radius 2 is 1.52 bits per heavy atom. The molecule has 0 aliphatic carbocycles. The van der Waals surface area contributed by atoms with E-state index in [4.69, 9.17) is 0 Å². The Kier molecular flexibility index (Phi) is 5.55. The normalized spacial score (nSPS) is 19.5. The highest BCUT2D eigenvalue weighted by Crippen LogP contribution is 2.23. The maximum Gasteiger partial charge on any atom is 0.225 e. The largest absolute Gasteiger partial charge is 0.352 e. The number of carbonyl (C=O) groups excluding carboxylic acids is 1. The lowest BCUT2D eigenvalue weighted by Crippen LogP contribution is -2.52. The van der Waals surface area contributed by atoms with Gasteiger partial charge < -0.3 is 14.4 Å². The fourth-order valence-corrected chi connectivity index (χ4v) is 4.83. The van der Waals surface area contributed by atoms with Gasteiger partial charge in [-0.2, -0.15) is 0 Å². The zero-order valence-electron chi connectivity index (χ0n) is 16.5. The van der Waals surface area contributed by atoms with E-state index in [0.29, 0.717) is 52.1 Å². The topological polar surface area (TPSA) is 91.6 Å². The minimum absolute atomic E-state index is 0.0832. The monoisotopic (exact) mass is 418 g/mol. The molecule has 4 rings (SSSR count). The van der Waals surface area contributed by atoms with Crippen LogP contribution in [0.5, 0.6) is 0 Å². The van der Waals surface area contributed by atoms with Crippen molar-refractivity contribution < 1.29 is 13.2 Å². The number of rotatable bonds is 4. The molecule has 2 aromatic rings. The summed E-state index contributed by atoms with van der Waals surface area (Å²) < 4.78 is 26.6. The highest BCUT2D eigenvalue weighted by atomic mass is 32.2. The number of sulfonamides is 1. The quantitative estimate of drug-likeness (QED) is 0.722. The summed E-state index contributed by atoms with van der Waals surface area (Å²) >= 11 is 0. The third kappa shape index (κ3) is 4.43. The minimum Gasteiger partial charge on any atom is -0.352 e. The molecule has 0 radical (unpaired) electrons. The van der Waals surface area contributed by atoms with Gasteiger partial charge in [0.2, 0.25) is 15.9 Å². The van der Waals surface area contributed by atoms with Gasteiger partial charge in [0.1, 0.15) is 0 Å². The van der Waals surface area contributed by atoms with E-state index < -0.39 is 10.0 Å². The number of hydrogen-bond donors (Lipinski definition) is 0. The summed E-state index contributed by atoms with van der Waals surface area (Å²) in [5, 5.41) is 8.63. The van der Waals surface area contributed by atoms with Crippen LogP contribution in [0.25, 0.3) is 5.82 Å². The summed E-state index contributed by atoms with van der Waals surface area (Å²) in [6.45, 7) is 3.58. The molecule has 0 aromatic carbocycles. The van der Waals surface area contributed by atoms with Crippen molar-refractivity contribution in [3.63, 3.8) is 0 Å². The first-order chi connectivity index (χ1) is 13.9. The van der Waals surface area contributed by atoms with E-state index in [1.165, 1.54) is 10.6 Å². The SMILES string of the molecule is CS(=O)(=O)N1CCC(C(=O)N2CCN(c3ccc(-n4cccc4)nn3)CC2)CC1. The lowest BCUT2D eigenvalue weighted by molar-refractivity contribution is -0.137. The van der Waals surface area contributed by atoms with Crippen molar-refractivity contribution >= 4 is 21.7 Å². The number of amides is 1. The van der Waals surface area contributed by atoms with Crippen molar-refractivity contribution in [2.24, 2.45) is 5.92 Å². The van der Waals surface area contributed by atoms with Crippen molar-refractivity contribution in [1.82, 2.24) is 24.0 Å². The van der Waals surface area contributed by atoms with Crippen LogP contribution in [0.1, 0.15) is 12.8 Å². The van der Waals surface area contributed by atoms with E-state index >= 15 is 0 Å². The first kappa shape index (κ1) is 19.8. The molecule has 2 aliphatic rings.